The van der Waals surface area contributed by atoms with Crippen molar-refractivity contribution in [2.45, 2.75) is 50.0 Å². The lowest BCUT2D eigenvalue weighted by atomic mass is 9.54. The minimum atomic E-state index is -4.38. The van der Waals surface area contributed by atoms with E-state index in [1.165, 1.54) is 0 Å². The summed E-state index contributed by atoms with van der Waals surface area (Å²) in [6.45, 7) is 2.17. The quantitative estimate of drug-likeness (QED) is 0.225. The van der Waals surface area contributed by atoms with Gasteiger partial charge in [0.1, 0.15) is 18.8 Å². The predicted octanol–water partition coefficient (Wildman–Crippen LogP) is 2.41. The summed E-state index contributed by atoms with van der Waals surface area (Å²) in [5.41, 5.74) is -0.866. The van der Waals surface area contributed by atoms with Gasteiger partial charge >= 0.3 is 23.8 Å². The van der Waals surface area contributed by atoms with E-state index in [2.05, 4.69) is 16.1 Å². The van der Waals surface area contributed by atoms with Crippen molar-refractivity contribution in [1.29, 1.82) is 0 Å². The lowest BCUT2D eigenvalue weighted by Crippen LogP contribution is -2.55. The molecule has 144 valence electrons. The van der Waals surface area contributed by atoms with Crippen molar-refractivity contribution < 1.29 is 37.4 Å². The molecule has 0 heterocycles. The number of rotatable bonds is 7. The van der Waals surface area contributed by atoms with Crippen LogP contribution >= 0.6 is 0 Å². The molecule has 8 heteroatoms. The van der Waals surface area contributed by atoms with Gasteiger partial charge in [0.05, 0.1) is 0 Å². The summed E-state index contributed by atoms with van der Waals surface area (Å²) in [7, 11) is 0. The maximum Gasteiger partial charge on any atom is 0.437 e. The van der Waals surface area contributed by atoms with Gasteiger partial charge in [-0.2, -0.15) is 8.78 Å². The van der Waals surface area contributed by atoms with Crippen molar-refractivity contribution >= 4 is 17.9 Å². The van der Waals surface area contributed by atoms with Crippen molar-refractivity contribution in [3.8, 4) is 0 Å². The molecule has 4 fully saturated rings. The summed E-state index contributed by atoms with van der Waals surface area (Å²) >= 11 is 0. The van der Waals surface area contributed by atoms with Gasteiger partial charge in [0.2, 0.25) is 0 Å². The number of carbonyl (C=O) groups is 3. The fourth-order valence-corrected chi connectivity index (χ4v) is 4.93. The zero-order valence-electron chi connectivity index (χ0n) is 14.4. The first-order valence-electron chi connectivity index (χ1n) is 8.82. The average Bonchev–Trinajstić information content (AvgIpc) is 2.56. The summed E-state index contributed by atoms with van der Waals surface area (Å²) < 4.78 is 42.2. The van der Waals surface area contributed by atoms with Crippen LogP contribution < -0.4 is 0 Å². The van der Waals surface area contributed by atoms with E-state index in [4.69, 9.17) is 4.74 Å². The zero-order valence-corrected chi connectivity index (χ0v) is 14.4. The summed E-state index contributed by atoms with van der Waals surface area (Å²) in [4.78, 5) is 34.4. The van der Waals surface area contributed by atoms with Crippen LogP contribution in [0.1, 0.15) is 38.5 Å². The maximum atomic E-state index is 14.1. The Morgan fingerprint density at radius 3 is 1.96 bits per heavy atom. The first-order chi connectivity index (χ1) is 12.2. The molecule has 0 radical (unpaired) electrons. The maximum absolute atomic E-state index is 14.1. The number of alkyl halides is 2. The standard InChI is InChI=1S/C18H22F2O6/c1-2-14(21)24-3-4-25-15(22)18(19,20)16(23)26-17-8-11-5-12(9-17)7-13(6-11)10-17/h2,11-13H,1,3-10H2. The van der Waals surface area contributed by atoms with Crippen molar-refractivity contribution in [2.24, 2.45) is 17.8 Å². The van der Waals surface area contributed by atoms with E-state index in [9.17, 15) is 23.2 Å². The number of hydrogen-bond acceptors (Lipinski definition) is 6. The van der Waals surface area contributed by atoms with Crippen molar-refractivity contribution in [3.05, 3.63) is 12.7 Å². The molecule has 0 saturated heterocycles. The molecular formula is C18H22F2O6. The third-order valence-electron chi connectivity index (χ3n) is 5.53. The van der Waals surface area contributed by atoms with E-state index in [1.54, 1.807) is 0 Å². The Bertz CT molecular complexity index is 580. The van der Waals surface area contributed by atoms with Crippen LogP contribution in [0.5, 0.6) is 0 Å². The molecule has 4 saturated carbocycles. The van der Waals surface area contributed by atoms with Gasteiger partial charge in [-0.1, -0.05) is 6.58 Å². The van der Waals surface area contributed by atoms with E-state index < -0.39 is 42.6 Å². The van der Waals surface area contributed by atoms with Crippen LogP contribution in [0.25, 0.3) is 0 Å². The van der Waals surface area contributed by atoms with E-state index in [0.29, 0.717) is 37.0 Å². The van der Waals surface area contributed by atoms with E-state index >= 15 is 0 Å². The van der Waals surface area contributed by atoms with Crippen LogP contribution in [0.2, 0.25) is 0 Å². The Labute approximate surface area is 149 Å². The fraction of sp³-hybridized carbons (Fsp3) is 0.722. The SMILES string of the molecule is C=CC(=O)OCCOC(=O)C(F)(F)C(=O)OC12CC3CC(CC(C3)C1)C2. The van der Waals surface area contributed by atoms with Gasteiger partial charge < -0.3 is 14.2 Å². The van der Waals surface area contributed by atoms with Crippen molar-refractivity contribution in [2.75, 3.05) is 13.2 Å². The number of carbonyl (C=O) groups excluding carboxylic acids is 3. The average molecular weight is 372 g/mol. The lowest BCUT2D eigenvalue weighted by Gasteiger charge is -2.55. The highest BCUT2D eigenvalue weighted by Crippen LogP contribution is 2.57. The Morgan fingerprint density at radius 2 is 1.46 bits per heavy atom. The molecule has 0 amide bonds. The van der Waals surface area contributed by atoms with Crippen LogP contribution in [-0.2, 0) is 28.6 Å². The van der Waals surface area contributed by atoms with Crippen molar-refractivity contribution in [3.63, 3.8) is 0 Å². The van der Waals surface area contributed by atoms with Gasteiger partial charge in [-0.15, -0.1) is 0 Å². The van der Waals surface area contributed by atoms with Gasteiger partial charge in [-0.3, -0.25) is 0 Å². The minimum Gasteiger partial charge on any atom is -0.459 e. The summed E-state index contributed by atoms with van der Waals surface area (Å²) in [6.07, 6.45) is 5.86. The Balaban J connectivity index is 1.53. The molecule has 4 aliphatic carbocycles. The van der Waals surface area contributed by atoms with Gasteiger partial charge in [0.25, 0.3) is 0 Å². The molecular weight excluding hydrogens is 350 g/mol. The molecule has 0 aromatic heterocycles. The van der Waals surface area contributed by atoms with Gasteiger partial charge in [0.15, 0.2) is 0 Å². The van der Waals surface area contributed by atoms with E-state index in [0.717, 1.165) is 25.3 Å². The third-order valence-corrected chi connectivity index (χ3v) is 5.53. The molecule has 6 nitrogen and oxygen atoms in total. The zero-order chi connectivity index (χ0) is 18.9. The smallest absolute Gasteiger partial charge is 0.437 e. The molecule has 0 spiro atoms. The fourth-order valence-electron chi connectivity index (χ4n) is 4.93. The van der Waals surface area contributed by atoms with Gasteiger partial charge in [0, 0.05) is 6.08 Å². The van der Waals surface area contributed by atoms with Gasteiger partial charge in [-0.05, 0) is 56.3 Å². The number of ether oxygens (including phenoxy) is 3. The van der Waals surface area contributed by atoms with Crippen LogP contribution in [0.3, 0.4) is 0 Å². The molecule has 0 aromatic carbocycles. The lowest BCUT2D eigenvalue weighted by molar-refractivity contribution is -0.216. The molecule has 0 aliphatic heterocycles. The molecule has 4 rings (SSSR count). The van der Waals surface area contributed by atoms with Crippen LogP contribution in [0.4, 0.5) is 8.78 Å². The van der Waals surface area contributed by atoms with Crippen LogP contribution in [0, 0.1) is 17.8 Å². The molecule has 4 aliphatic rings. The third kappa shape index (κ3) is 3.73. The second-order valence-corrected chi connectivity index (χ2v) is 7.57. The second-order valence-electron chi connectivity index (χ2n) is 7.57. The van der Waals surface area contributed by atoms with Crippen molar-refractivity contribution in [1.82, 2.24) is 0 Å². The summed E-state index contributed by atoms with van der Waals surface area (Å²) in [6, 6.07) is 0. The number of esters is 3. The Morgan fingerprint density at radius 1 is 0.962 bits per heavy atom. The Kier molecular flexibility index (Phi) is 5.03. The topological polar surface area (TPSA) is 78.9 Å². The van der Waals surface area contributed by atoms with Crippen LogP contribution in [-0.4, -0.2) is 42.6 Å². The Hall–Kier alpha value is -1.99. The predicted molar refractivity (Wildman–Crippen MR) is 84.1 cm³/mol. The van der Waals surface area contributed by atoms with E-state index in [1.807, 2.05) is 0 Å². The first kappa shape index (κ1) is 18.8. The minimum absolute atomic E-state index is 0.406. The largest absolute Gasteiger partial charge is 0.459 e. The monoisotopic (exact) mass is 372 g/mol. The summed E-state index contributed by atoms with van der Waals surface area (Å²) in [5, 5.41) is 0. The first-order valence-corrected chi connectivity index (χ1v) is 8.82. The second kappa shape index (κ2) is 6.96. The molecule has 26 heavy (non-hydrogen) atoms. The molecule has 0 aromatic rings. The summed E-state index contributed by atoms with van der Waals surface area (Å²) in [5.74, 6) is -7.77. The molecule has 0 atom stereocenters. The number of halogens is 2. The highest BCUT2D eigenvalue weighted by atomic mass is 19.3. The van der Waals surface area contributed by atoms with E-state index in [-0.39, 0.29) is 0 Å². The van der Waals surface area contributed by atoms with Crippen LogP contribution in [0.15, 0.2) is 12.7 Å². The highest BCUT2D eigenvalue weighted by Gasteiger charge is 2.58. The van der Waals surface area contributed by atoms with Gasteiger partial charge in [-0.25, -0.2) is 14.4 Å². The normalized spacial score (nSPS) is 32.0. The molecule has 0 unspecified atom stereocenters. The molecule has 0 N–H and O–H groups in total. The molecule has 4 bridgehead atoms. The highest BCUT2D eigenvalue weighted by molar-refractivity contribution is 6.01. The number of hydrogen-bond donors (Lipinski definition) is 0.